The molecule has 41 heavy (non-hydrogen) atoms. The lowest BCUT2D eigenvalue weighted by molar-refractivity contribution is -0.228. The molecule has 1 aliphatic heterocycles. The maximum absolute atomic E-state index is 17.6. The van der Waals surface area contributed by atoms with Crippen molar-refractivity contribution in [2.75, 3.05) is 6.54 Å². The fourth-order valence-corrected chi connectivity index (χ4v) is 7.43. The van der Waals surface area contributed by atoms with Crippen LogP contribution in [0.15, 0.2) is 42.5 Å². The van der Waals surface area contributed by atoms with Gasteiger partial charge in [0, 0.05) is 18.9 Å². The number of nitrogens with zero attached hydrogens (tertiary/aromatic N) is 1. The third-order valence-electron chi connectivity index (χ3n) is 9.87. The molecule has 1 saturated carbocycles. The third-order valence-corrected chi connectivity index (χ3v) is 9.87. The number of aryl methyl sites for hydroxylation is 1. The molecule has 2 aromatic carbocycles. The largest absolute Gasteiger partial charge is 0.481 e. The zero-order valence-electron chi connectivity index (χ0n) is 22.9. The molecule has 1 amide bonds. The van der Waals surface area contributed by atoms with Crippen molar-refractivity contribution in [3.05, 3.63) is 70.5 Å². The van der Waals surface area contributed by atoms with Crippen LogP contribution in [0.25, 0.3) is 0 Å². The van der Waals surface area contributed by atoms with Crippen LogP contribution < -0.4 is 0 Å². The van der Waals surface area contributed by atoms with Crippen LogP contribution in [-0.2, 0) is 33.5 Å². The molecule has 2 aromatic rings. The van der Waals surface area contributed by atoms with Gasteiger partial charge in [0.1, 0.15) is 5.82 Å². The summed E-state index contributed by atoms with van der Waals surface area (Å²) < 4.78 is 86.7. The summed E-state index contributed by atoms with van der Waals surface area (Å²) in [5.74, 6) is -5.34. The van der Waals surface area contributed by atoms with Gasteiger partial charge in [-0.25, -0.2) is 13.2 Å². The quantitative estimate of drug-likeness (QED) is 0.305. The van der Waals surface area contributed by atoms with Crippen molar-refractivity contribution in [3.8, 4) is 0 Å². The van der Waals surface area contributed by atoms with Crippen molar-refractivity contribution in [1.29, 1.82) is 0 Å². The topological polar surface area (TPSA) is 57.6 Å². The maximum atomic E-state index is 17.6. The van der Waals surface area contributed by atoms with Gasteiger partial charge in [-0.2, -0.15) is 13.2 Å². The highest BCUT2D eigenvalue weighted by atomic mass is 19.4. The summed E-state index contributed by atoms with van der Waals surface area (Å²) in [7, 11) is 0. The Labute approximate surface area is 234 Å². The van der Waals surface area contributed by atoms with E-state index in [0.29, 0.717) is 42.9 Å². The van der Waals surface area contributed by atoms with Crippen molar-refractivity contribution < 1.29 is 41.0 Å². The predicted molar refractivity (Wildman–Crippen MR) is 139 cm³/mol. The molecular formula is C31H33F6NO3. The van der Waals surface area contributed by atoms with E-state index in [9.17, 15) is 36.6 Å². The number of carbonyl (C=O) groups is 2. The summed E-state index contributed by atoms with van der Waals surface area (Å²) in [5.41, 5.74) is -4.09. The number of rotatable bonds is 5. The fraction of sp³-hybridized carbons (Fsp3) is 0.548. The van der Waals surface area contributed by atoms with Crippen LogP contribution in [0.5, 0.6) is 0 Å². The molecule has 5 rings (SSSR count). The number of carboxylic acids is 1. The Morgan fingerprint density at radius 2 is 1.73 bits per heavy atom. The monoisotopic (exact) mass is 581 g/mol. The first-order valence-electron chi connectivity index (χ1n) is 14.0. The Hall–Kier alpha value is -3.04. The van der Waals surface area contributed by atoms with Crippen molar-refractivity contribution in [2.24, 2.45) is 17.8 Å². The minimum atomic E-state index is -5.14. The minimum Gasteiger partial charge on any atom is -0.481 e. The molecule has 2 unspecified atom stereocenters. The van der Waals surface area contributed by atoms with Crippen LogP contribution >= 0.6 is 0 Å². The number of likely N-dealkylation sites (tertiary alicyclic amines) is 1. The molecule has 2 fully saturated rings. The lowest BCUT2D eigenvalue weighted by Crippen LogP contribution is -2.59. The number of alkyl halides is 5. The molecule has 4 nitrogen and oxygen atoms in total. The van der Waals surface area contributed by atoms with Crippen molar-refractivity contribution in [1.82, 2.24) is 4.90 Å². The molecule has 0 aromatic heterocycles. The summed E-state index contributed by atoms with van der Waals surface area (Å²) in [5, 5.41) is 9.47. The Morgan fingerprint density at radius 1 is 1.05 bits per heavy atom. The van der Waals surface area contributed by atoms with Gasteiger partial charge >= 0.3 is 12.1 Å². The summed E-state index contributed by atoms with van der Waals surface area (Å²) in [6, 6.07) is 9.11. The maximum Gasteiger partial charge on any atom is 0.426 e. The molecule has 1 saturated heterocycles. The molecule has 1 N–H and O–H groups in total. The summed E-state index contributed by atoms with van der Waals surface area (Å²) in [6.07, 6.45) is -4.13. The first kappa shape index (κ1) is 29.5. The van der Waals surface area contributed by atoms with Crippen LogP contribution in [0.4, 0.5) is 26.3 Å². The zero-order valence-corrected chi connectivity index (χ0v) is 22.9. The van der Waals surface area contributed by atoms with E-state index in [1.54, 1.807) is 6.92 Å². The van der Waals surface area contributed by atoms with Gasteiger partial charge in [0.2, 0.25) is 11.6 Å². The Morgan fingerprint density at radius 3 is 2.34 bits per heavy atom. The van der Waals surface area contributed by atoms with E-state index < -0.39 is 58.1 Å². The zero-order chi connectivity index (χ0) is 30.0. The molecular weight excluding hydrogens is 548 g/mol. The van der Waals surface area contributed by atoms with Gasteiger partial charge in [-0.05, 0) is 85.8 Å². The molecule has 2 aliphatic carbocycles. The normalized spacial score (nSPS) is 31.2. The summed E-state index contributed by atoms with van der Waals surface area (Å²) in [6.45, 7) is 2.30. The molecule has 0 radical (unpaired) electrons. The summed E-state index contributed by atoms with van der Waals surface area (Å²) >= 11 is 0. The smallest absolute Gasteiger partial charge is 0.426 e. The second-order valence-corrected chi connectivity index (χ2v) is 12.2. The second-order valence-electron chi connectivity index (χ2n) is 12.2. The number of carbonyl (C=O) groups excluding carboxylic acids is 1. The molecule has 10 heteroatoms. The summed E-state index contributed by atoms with van der Waals surface area (Å²) in [4.78, 5) is 26.7. The first-order chi connectivity index (χ1) is 19.1. The van der Waals surface area contributed by atoms with Gasteiger partial charge in [0.15, 0.2) is 5.79 Å². The Balaban J connectivity index is 1.54. The Bertz CT molecular complexity index is 1340. The number of aliphatic carboxylic acids is 1. The van der Waals surface area contributed by atoms with Crippen LogP contribution in [0.2, 0.25) is 0 Å². The standard InChI is InChI=1S/C31H33F6NO3/c1-18-15-21(5-9-24(18)27(40)41)26(39)38-14-13-29(17-19-3-7-23(32)8-4-19)25-10-6-22(28(2,33)31(35,36)37)16-20(25)11-12-30(29,38)34/h3-4,6-8,10,16,18,21,24H,5,9,11-15,17H2,1-2H3,(H,40,41)/t18-,21?,24-,28?,29-,30-/m1/s1. The van der Waals surface area contributed by atoms with E-state index >= 15 is 4.39 Å². The molecule has 0 bridgehead atoms. The highest BCUT2D eigenvalue weighted by Gasteiger charge is 2.65. The van der Waals surface area contributed by atoms with Gasteiger partial charge in [-0.1, -0.05) is 37.3 Å². The highest BCUT2D eigenvalue weighted by Crippen LogP contribution is 2.58. The van der Waals surface area contributed by atoms with Crippen molar-refractivity contribution >= 4 is 11.9 Å². The second kappa shape index (κ2) is 10.1. The number of halogens is 6. The molecule has 1 heterocycles. The van der Waals surface area contributed by atoms with E-state index in [1.807, 2.05) is 0 Å². The van der Waals surface area contributed by atoms with Gasteiger partial charge < -0.3 is 10.0 Å². The van der Waals surface area contributed by atoms with E-state index in [0.717, 1.165) is 12.1 Å². The van der Waals surface area contributed by atoms with Gasteiger partial charge in [-0.3, -0.25) is 9.59 Å². The number of carboxylic acid groups (broad SMARTS) is 1. The average Bonchev–Trinajstić information content (AvgIpc) is 3.21. The number of hydrogen-bond acceptors (Lipinski definition) is 2. The molecule has 6 atom stereocenters. The van der Waals surface area contributed by atoms with Crippen LogP contribution in [0.3, 0.4) is 0 Å². The number of amides is 1. The van der Waals surface area contributed by atoms with Gasteiger partial charge in [0.25, 0.3) is 0 Å². The number of benzene rings is 2. The fourth-order valence-electron chi connectivity index (χ4n) is 7.43. The SMILES string of the molecule is C[C@@H]1CC(C(=O)N2CC[C@@]3(Cc4ccc(F)cc4)c4ccc(C(C)(F)C(F)(F)F)cc4CC[C@@]23F)CC[C@H]1C(=O)O. The van der Waals surface area contributed by atoms with E-state index in [-0.39, 0.29) is 38.1 Å². The lowest BCUT2D eigenvalue weighted by atomic mass is 9.62. The third kappa shape index (κ3) is 4.71. The predicted octanol–water partition coefficient (Wildman–Crippen LogP) is 7.03. The van der Waals surface area contributed by atoms with Gasteiger partial charge in [-0.15, -0.1) is 0 Å². The number of fused-ring (bicyclic) bond motifs is 3. The number of hydrogen-bond donors (Lipinski definition) is 1. The van der Waals surface area contributed by atoms with E-state index in [1.165, 1.54) is 35.2 Å². The molecule has 3 aliphatic rings. The first-order valence-corrected chi connectivity index (χ1v) is 14.0. The van der Waals surface area contributed by atoms with Crippen LogP contribution in [-0.4, -0.2) is 40.4 Å². The van der Waals surface area contributed by atoms with Crippen molar-refractivity contribution in [3.63, 3.8) is 0 Å². The Kier molecular flexibility index (Phi) is 7.22. The molecule has 0 spiro atoms. The van der Waals surface area contributed by atoms with Gasteiger partial charge in [0.05, 0.1) is 11.3 Å². The van der Waals surface area contributed by atoms with Crippen molar-refractivity contribution in [2.45, 2.75) is 81.8 Å². The van der Waals surface area contributed by atoms with E-state index in [4.69, 9.17) is 0 Å². The molecule has 222 valence electrons. The minimum absolute atomic E-state index is 0.00468. The lowest BCUT2D eigenvalue weighted by Gasteiger charge is -2.49. The van der Waals surface area contributed by atoms with E-state index in [2.05, 4.69) is 0 Å². The van der Waals surface area contributed by atoms with Crippen LogP contribution in [0.1, 0.15) is 68.2 Å². The average molecular weight is 582 g/mol. The van der Waals surface area contributed by atoms with Crippen LogP contribution in [0, 0.1) is 23.6 Å². The highest BCUT2D eigenvalue weighted by molar-refractivity contribution is 5.81.